The van der Waals surface area contributed by atoms with E-state index in [2.05, 4.69) is 12.2 Å². The van der Waals surface area contributed by atoms with Gasteiger partial charge in [0.1, 0.15) is 17.1 Å². The minimum absolute atomic E-state index is 0.0880. The molecule has 1 saturated carbocycles. The second-order valence-electron chi connectivity index (χ2n) is 9.11. The number of fused-ring (bicyclic) bond motifs is 3. The summed E-state index contributed by atoms with van der Waals surface area (Å²) in [6.45, 7) is 4.24. The van der Waals surface area contributed by atoms with Gasteiger partial charge in [0, 0.05) is 23.9 Å². The Hall–Kier alpha value is -3.09. The molecule has 0 bridgehead atoms. The number of carbonyl (C=O) groups excluding carboxylic acids is 2. The molecule has 7 heteroatoms. The lowest BCUT2D eigenvalue weighted by Crippen LogP contribution is -2.65. The molecule has 5 rings (SSSR count). The van der Waals surface area contributed by atoms with Crippen molar-refractivity contribution in [2.24, 2.45) is 5.92 Å². The summed E-state index contributed by atoms with van der Waals surface area (Å²) in [5.41, 5.74) is 0.935. The lowest BCUT2D eigenvalue weighted by atomic mass is 9.86. The van der Waals surface area contributed by atoms with E-state index in [9.17, 15) is 14.0 Å². The second kappa shape index (κ2) is 7.25. The molecule has 0 spiro atoms. The number of nitrogens with one attached hydrogen (secondary N) is 1. The van der Waals surface area contributed by atoms with Crippen LogP contribution in [0, 0.1) is 11.7 Å². The number of benzene rings is 1. The molecule has 0 saturated heterocycles. The fourth-order valence-electron chi connectivity index (χ4n) is 4.98. The zero-order valence-electron chi connectivity index (χ0n) is 17.7. The number of carbonyl (C=O) groups is 2. The first-order valence-electron chi connectivity index (χ1n) is 10.8. The molecule has 31 heavy (non-hydrogen) atoms. The number of nitrogens with zero attached hydrogens (tertiary/aromatic N) is 2. The Morgan fingerprint density at radius 3 is 2.71 bits per heavy atom. The highest BCUT2D eigenvalue weighted by Crippen LogP contribution is 2.36. The maximum Gasteiger partial charge on any atom is 0.276 e. The van der Waals surface area contributed by atoms with Crippen molar-refractivity contribution in [3.8, 4) is 0 Å². The maximum absolute atomic E-state index is 14.1. The summed E-state index contributed by atoms with van der Waals surface area (Å²) in [6, 6.07) is 9.41. The summed E-state index contributed by atoms with van der Waals surface area (Å²) >= 11 is 0. The van der Waals surface area contributed by atoms with Crippen molar-refractivity contribution in [2.45, 2.75) is 57.7 Å². The van der Waals surface area contributed by atoms with Gasteiger partial charge in [-0.3, -0.25) is 14.5 Å². The Bertz CT molecular complexity index is 1160. The van der Waals surface area contributed by atoms with Crippen molar-refractivity contribution >= 4 is 28.6 Å². The van der Waals surface area contributed by atoms with E-state index in [1.165, 1.54) is 17.0 Å². The largest absolute Gasteiger partial charge is 0.463 e. The standard InChI is InChI=1S/C24H26FN3O3/c1-15-6-8-17(9-7-15)26-23(30)24(2)14-27-19-10-11-31-21(19)13-20(27)22(29)28(24)18-5-3-4-16(25)12-18/h3-5,10-13,15,17H,6-9,14H2,1-2H3,(H,26,30). The van der Waals surface area contributed by atoms with E-state index < -0.39 is 11.4 Å². The lowest BCUT2D eigenvalue weighted by molar-refractivity contribution is -0.127. The van der Waals surface area contributed by atoms with E-state index in [0.29, 0.717) is 22.9 Å². The van der Waals surface area contributed by atoms with Gasteiger partial charge in [-0.05, 0) is 56.7 Å². The summed E-state index contributed by atoms with van der Waals surface area (Å²) in [5.74, 6) is -0.358. The average Bonchev–Trinajstić information content (AvgIpc) is 3.32. The van der Waals surface area contributed by atoms with Gasteiger partial charge in [-0.2, -0.15) is 0 Å². The number of anilines is 1. The van der Waals surface area contributed by atoms with Crippen molar-refractivity contribution in [3.63, 3.8) is 0 Å². The molecule has 1 aromatic carbocycles. The topological polar surface area (TPSA) is 67.5 Å². The maximum atomic E-state index is 14.1. The smallest absolute Gasteiger partial charge is 0.276 e. The number of halogens is 1. The molecular formula is C24H26FN3O3. The molecule has 1 aliphatic carbocycles. The highest BCUT2D eigenvalue weighted by atomic mass is 19.1. The minimum atomic E-state index is -1.22. The van der Waals surface area contributed by atoms with Crippen LogP contribution < -0.4 is 10.2 Å². The Labute approximate surface area is 180 Å². The summed E-state index contributed by atoms with van der Waals surface area (Å²) in [7, 11) is 0. The summed E-state index contributed by atoms with van der Waals surface area (Å²) in [5, 5.41) is 3.19. The third kappa shape index (κ3) is 3.23. The highest BCUT2D eigenvalue weighted by molar-refractivity contribution is 6.13. The molecule has 1 N–H and O–H groups in total. The van der Waals surface area contributed by atoms with Crippen LogP contribution in [0.15, 0.2) is 47.1 Å². The predicted octanol–water partition coefficient (Wildman–Crippen LogP) is 4.49. The van der Waals surface area contributed by atoms with E-state index in [0.717, 1.165) is 31.2 Å². The first-order valence-corrected chi connectivity index (χ1v) is 10.8. The molecule has 1 aliphatic heterocycles. The third-order valence-electron chi connectivity index (χ3n) is 6.81. The fourth-order valence-corrected chi connectivity index (χ4v) is 4.98. The Kier molecular flexibility index (Phi) is 4.64. The first kappa shape index (κ1) is 19.8. The van der Waals surface area contributed by atoms with Gasteiger partial charge < -0.3 is 14.3 Å². The van der Waals surface area contributed by atoms with Crippen LogP contribution in [0.4, 0.5) is 10.1 Å². The van der Waals surface area contributed by atoms with Crippen molar-refractivity contribution in [3.05, 3.63) is 54.2 Å². The number of aromatic nitrogens is 1. The average molecular weight is 423 g/mol. The molecule has 1 unspecified atom stereocenters. The van der Waals surface area contributed by atoms with Gasteiger partial charge in [0.15, 0.2) is 5.58 Å². The van der Waals surface area contributed by atoms with Gasteiger partial charge in [-0.25, -0.2) is 4.39 Å². The van der Waals surface area contributed by atoms with Crippen molar-refractivity contribution in [1.29, 1.82) is 0 Å². The molecule has 2 amide bonds. The molecule has 162 valence electrons. The summed E-state index contributed by atoms with van der Waals surface area (Å²) in [4.78, 5) is 28.7. The molecule has 2 aromatic heterocycles. The summed E-state index contributed by atoms with van der Waals surface area (Å²) in [6.07, 6.45) is 5.58. The number of amides is 2. The van der Waals surface area contributed by atoms with Crippen LogP contribution in [0.1, 0.15) is 50.0 Å². The van der Waals surface area contributed by atoms with Gasteiger partial charge >= 0.3 is 0 Å². The van der Waals surface area contributed by atoms with Crippen LogP contribution >= 0.6 is 0 Å². The molecule has 1 fully saturated rings. The number of furan rings is 1. The van der Waals surface area contributed by atoms with E-state index in [1.54, 1.807) is 37.5 Å². The van der Waals surface area contributed by atoms with Crippen LogP contribution in [0.3, 0.4) is 0 Å². The van der Waals surface area contributed by atoms with Crippen molar-refractivity contribution in [1.82, 2.24) is 9.88 Å². The Morgan fingerprint density at radius 2 is 1.97 bits per heavy atom. The van der Waals surface area contributed by atoms with Crippen LogP contribution in [0.25, 0.3) is 11.1 Å². The number of hydrogen-bond acceptors (Lipinski definition) is 3. The Balaban J connectivity index is 1.57. The minimum Gasteiger partial charge on any atom is -0.463 e. The molecule has 3 aromatic rings. The van der Waals surface area contributed by atoms with Crippen LogP contribution in [0.5, 0.6) is 0 Å². The first-order chi connectivity index (χ1) is 14.9. The zero-order valence-corrected chi connectivity index (χ0v) is 17.7. The van der Waals surface area contributed by atoms with Gasteiger partial charge in [0.05, 0.1) is 18.3 Å². The van der Waals surface area contributed by atoms with Crippen LogP contribution in [-0.4, -0.2) is 28.0 Å². The van der Waals surface area contributed by atoms with E-state index >= 15 is 0 Å². The van der Waals surface area contributed by atoms with E-state index in [1.807, 2.05) is 4.57 Å². The molecular weight excluding hydrogens is 397 g/mol. The lowest BCUT2D eigenvalue weighted by Gasteiger charge is -2.44. The Morgan fingerprint density at radius 1 is 1.19 bits per heavy atom. The van der Waals surface area contributed by atoms with E-state index in [-0.39, 0.29) is 24.4 Å². The molecule has 0 radical (unpaired) electrons. The van der Waals surface area contributed by atoms with Crippen molar-refractivity contribution < 1.29 is 18.4 Å². The molecule has 3 heterocycles. The van der Waals surface area contributed by atoms with Crippen LogP contribution in [0.2, 0.25) is 0 Å². The second-order valence-corrected chi connectivity index (χ2v) is 9.11. The van der Waals surface area contributed by atoms with Crippen molar-refractivity contribution in [2.75, 3.05) is 4.90 Å². The summed E-state index contributed by atoms with van der Waals surface area (Å²) < 4.78 is 21.4. The van der Waals surface area contributed by atoms with Crippen LogP contribution in [-0.2, 0) is 11.3 Å². The third-order valence-corrected chi connectivity index (χ3v) is 6.81. The van der Waals surface area contributed by atoms with E-state index in [4.69, 9.17) is 4.42 Å². The number of rotatable bonds is 3. The fraction of sp³-hybridized carbons (Fsp3) is 0.417. The van der Waals surface area contributed by atoms with Gasteiger partial charge in [0.2, 0.25) is 5.91 Å². The normalized spacial score (nSPS) is 26.2. The molecule has 6 nitrogen and oxygen atoms in total. The molecule has 2 aliphatic rings. The quantitative estimate of drug-likeness (QED) is 0.675. The SMILES string of the molecule is CC1CCC(NC(=O)C2(C)Cn3c(cc4occc43)C(=O)N2c2cccc(F)c2)CC1. The number of hydrogen-bond donors (Lipinski definition) is 1. The molecule has 1 atom stereocenters. The zero-order chi connectivity index (χ0) is 21.8. The van der Waals surface area contributed by atoms with Gasteiger partial charge in [-0.1, -0.05) is 13.0 Å². The highest BCUT2D eigenvalue weighted by Gasteiger charge is 2.49. The van der Waals surface area contributed by atoms with Gasteiger partial charge in [0.25, 0.3) is 5.91 Å². The predicted molar refractivity (Wildman–Crippen MR) is 115 cm³/mol. The van der Waals surface area contributed by atoms with Gasteiger partial charge in [-0.15, -0.1) is 0 Å². The monoisotopic (exact) mass is 423 g/mol.